The largest absolute Gasteiger partial charge is 0.493 e. The maximum Gasteiger partial charge on any atom is 0.181 e. The van der Waals surface area contributed by atoms with Gasteiger partial charge in [-0.3, -0.25) is 4.90 Å². The highest BCUT2D eigenvalue weighted by Crippen LogP contribution is 2.41. The lowest BCUT2D eigenvalue weighted by atomic mass is 9.90. The molecule has 1 unspecified atom stereocenters. The first kappa shape index (κ1) is 20.2. The summed E-state index contributed by atoms with van der Waals surface area (Å²) in [6.07, 6.45) is 3.42. The predicted molar refractivity (Wildman–Crippen MR) is 113 cm³/mol. The lowest BCUT2D eigenvalue weighted by Crippen LogP contribution is -2.35. The van der Waals surface area contributed by atoms with Crippen molar-refractivity contribution in [2.45, 2.75) is 42.4 Å². The van der Waals surface area contributed by atoms with Crippen LogP contribution in [0.25, 0.3) is 0 Å². The second kappa shape index (κ2) is 8.36. The maximum atomic E-state index is 13.1. The van der Waals surface area contributed by atoms with E-state index in [2.05, 4.69) is 29.2 Å². The van der Waals surface area contributed by atoms with Crippen molar-refractivity contribution in [3.63, 3.8) is 0 Å². The van der Waals surface area contributed by atoms with E-state index >= 15 is 0 Å². The maximum absolute atomic E-state index is 13.1. The third-order valence-electron chi connectivity index (χ3n) is 6.31. The molecule has 1 atom stereocenters. The van der Waals surface area contributed by atoms with E-state index in [0.717, 1.165) is 44.5 Å². The lowest BCUT2D eigenvalue weighted by Gasteiger charge is -2.33. The van der Waals surface area contributed by atoms with Gasteiger partial charge in [0.2, 0.25) is 0 Å². The van der Waals surface area contributed by atoms with Gasteiger partial charge < -0.3 is 9.47 Å². The molecule has 0 aliphatic carbocycles. The van der Waals surface area contributed by atoms with Crippen LogP contribution in [0.5, 0.6) is 11.5 Å². The number of fused-ring (bicyclic) bond motifs is 1. The average Bonchev–Trinajstić information content (AvgIpc) is 2.98. The van der Waals surface area contributed by atoms with Gasteiger partial charge >= 0.3 is 0 Å². The second-order valence-corrected chi connectivity index (χ2v) is 10.3. The molecule has 0 aromatic heterocycles. The quantitative estimate of drug-likeness (QED) is 0.720. The highest BCUT2D eigenvalue weighted by Gasteiger charge is 2.39. The standard InChI is InChI=1S/C23H29NO4S/c1-27-21-14-19-13-20(29(25,26)23(19)15-22(21)28-2)12-17-8-10-24(11-9-17)16-18-6-4-3-5-7-18/h3-7,14-15,17,20H,8-13,16H2,1-2H3. The van der Waals surface area contributed by atoms with Crippen LogP contribution < -0.4 is 9.47 Å². The molecule has 0 saturated carbocycles. The van der Waals surface area contributed by atoms with E-state index in [1.54, 1.807) is 13.2 Å². The van der Waals surface area contributed by atoms with E-state index in [-0.39, 0.29) is 5.25 Å². The van der Waals surface area contributed by atoms with E-state index in [0.29, 0.717) is 28.7 Å². The Kier molecular flexibility index (Phi) is 5.83. The topological polar surface area (TPSA) is 55.8 Å². The van der Waals surface area contributed by atoms with Crippen molar-refractivity contribution in [1.82, 2.24) is 4.90 Å². The predicted octanol–water partition coefficient (Wildman–Crippen LogP) is 3.70. The minimum Gasteiger partial charge on any atom is -0.493 e. The zero-order chi connectivity index (χ0) is 20.4. The lowest BCUT2D eigenvalue weighted by molar-refractivity contribution is 0.171. The molecule has 6 heteroatoms. The van der Waals surface area contributed by atoms with Crippen LogP contribution in [0.15, 0.2) is 47.4 Å². The van der Waals surface area contributed by atoms with Crippen molar-refractivity contribution >= 4 is 9.84 Å². The molecule has 4 rings (SSSR count). The summed E-state index contributed by atoms with van der Waals surface area (Å²) in [7, 11) is -0.203. The molecule has 156 valence electrons. The van der Waals surface area contributed by atoms with Crippen molar-refractivity contribution in [3.8, 4) is 11.5 Å². The minimum absolute atomic E-state index is 0.333. The summed E-state index contributed by atoms with van der Waals surface area (Å²) in [4.78, 5) is 2.89. The molecule has 0 amide bonds. The van der Waals surface area contributed by atoms with Crippen LogP contribution in [-0.2, 0) is 22.8 Å². The number of rotatable bonds is 6. The van der Waals surface area contributed by atoms with Crippen LogP contribution in [0, 0.1) is 5.92 Å². The van der Waals surface area contributed by atoms with Crippen LogP contribution in [-0.4, -0.2) is 45.9 Å². The van der Waals surface area contributed by atoms with Gasteiger partial charge in [0.05, 0.1) is 24.4 Å². The Labute approximate surface area is 173 Å². The van der Waals surface area contributed by atoms with Gasteiger partial charge in [-0.15, -0.1) is 0 Å². The highest BCUT2D eigenvalue weighted by molar-refractivity contribution is 7.92. The van der Waals surface area contributed by atoms with E-state index in [4.69, 9.17) is 9.47 Å². The fourth-order valence-electron chi connectivity index (χ4n) is 4.67. The SMILES string of the molecule is COc1cc2c(cc1OC)S(=O)(=O)C(CC1CCN(Cc3ccccc3)CC1)C2. The van der Waals surface area contributed by atoms with E-state index in [1.165, 1.54) is 12.7 Å². The average molecular weight is 416 g/mol. The van der Waals surface area contributed by atoms with Crippen molar-refractivity contribution in [3.05, 3.63) is 53.6 Å². The Balaban J connectivity index is 1.39. The number of benzene rings is 2. The Bertz CT molecular complexity index is 950. The summed E-state index contributed by atoms with van der Waals surface area (Å²) >= 11 is 0. The third-order valence-corrected chi connectivity index (χ3v) is 8.54. The van der Waals surface area contributed by atoms with Gasteiger partial charge in [0.1, 0.15) is 0 Å². The Morgan fingerprint density at radius 2 is 1.66 bits per heavy atom. The second-order valence-electron chi connectivity index (χ2n) is 8.13. The third kappa shape index (κ3) is 4.14. The van der Waals surface area contributed by atoms with Crippen LogP contribution >= 0.6 is 0 Å². The van der Waals surface area contributed by atoms with Gasteiger partial charge in [-0.25, -0.2) is 8.42 Å². The molecule has 2 aliphatic heterocycles. The highest BCUT2D eigenvalue weighted by atomic mass is 32.2. The normalized spacial score (nSPS) is 21.7. The molecular weight excluding hydrogens is 386 g/mol. The van der Waals surface area contributed by atoms with Gasteiger partial charge in [-0.05, 0) is 61.9 Å². The Hall–Kier alpha value is -2.05. The van der Waals surface area contributed by atoms with Crippen LogP contribution in [0.1, 0.15) is 30.4 Å². The number of hydrogen-bond donors (Lipinski definition) is 0. The molecule has 1 fully saturated rings. The fraction of sp³-hybridized carbons (Fsp3) is 0.478. The van der Waals surface area contributed by atoms with E-state index < -0.39 is 9.84 Å². The van der Waals surface area contributed by atoms with Crippen molar-refractivity contribution in [2.75, 3.05) is 27.3 Å². The number of hydrogen-bond acceptors (Lipinski definition) is 5. The van der Waals surface area contributed by atoms with Crippen molar-refractivity contribution in [2.24, 2.45) is 5.92 Å². The Morgan fingerprint density at radius 3 is 2.31 bits per heavy atom. The minimum atomic E-state index is -3.31. The zero-order valence-corrected chi connectivity index (χ0v) is 18.0. The molecule has 0 N–H and O–H groups in total. The molecule has 0 bridgehead atoms. The van der Waals surface area contributed by atoms with Gasteiger partial charge in [0, 0.05) is 12.6 Å². The van der Waals surface area contributed by atoms with Crippen LogP contribution in [0.3, 0.4) is 0 Å². The Morgan fingerprint density at radius 1 is 1.00 bits per heavy atom. The molecule has 2 heterocycles. The van der Waals surface area contributed by atoms with Gasteiger partial charge in [0.25, 0.3) is 0 Å². The number of methoxy groups -OCH3 is 2. The molecule has 29 heavy (non-hydrogen) atoms. The summed E-state index contributed by atoms with van der Waals surface area (Å²) in [5.41, 5.74) is 2.19. The molecule has 2 aliphatic rings. The van der Waals surface area contributed by atoms with Gasteiger partial charge in [0.15, 0.2) is 21.3 Å². The van der Waals surface area contributed by atoms with E-state index in [1.807, 2.05) is 12.1 Å². The molecule has 1 saturated heterocycles. The summed E-state index contributed by atoms with van der Waals surface area (Å²) in [6.45, 7) is 3.03. The first-order valence-corrected chi connectivity index (χ1v) is 11.8. The van der Waals surface area contributed by atoms with Crippen LogP contribution in [0.2, 0.25) is 0 Å². The van der Waals surface area contributed by atoms with Crippen molar-refractivity contribution in [1.29, 1.82) is 0 Å². The summed E-state index contributed by atoms with van der Waals surface area (Å²) in [5, 5.41) is -0.333. The first-order chi connectivity index (χ1) is 14.0. The van der Waals surface area contributed by atoms with Crippen LogP contribution in [0.4, 0.5) is 0 Å². The summed E-state index contributed by atoms with van der Waals surface area (Å²) in [6, 6.07) is 14.0. The molecule has 2 aromatic rings. The van der Waals surface area contributed by atoms with Crippen molar-refractivity contribution < 1.29 is 17.9 Å². The zero-order valence-electron chi connectivity index (χ0n) is 17.1. The number of likely N-dealkylation sites (tertiary alicyclic amines) is 1. The summed E-state index contributed by atoms with van der Waals surface area (Å²) < 4.78 is 36.9. The van der Waals surface area contributed by atoms with Gasteiger partial charge in [-0.2, -0.15) is 0 Å². The number of nitrogens with zero attached hydrogens (tertiary/aromatic N) is 1. The molecular formula is C23H29NO4S. The molecule has 5 nitrogen and oxygen atoms in total. The molecule has 2 aromatic carbocycles. The number of sulfone groups is 1. The molecule has 0 spiro atoms. The fourth-order valence-corrected chi connectivity index (χ4v) is 6.73. The smallest absolute Gasteiger partial charge is 0.181 e. The first-order valence-electron chi connectivity index (χ1n) is 10.3. The number of piperidine rings is 1. The van der Waals surface area contributed by atoms with Gasteiger partial charge in [-0.1, -0.05) is 30.3 Å². The molecule has 0 radical (unpaired) electrons. The number of ether oxygens (including phenoxy) is 2. The summed E-state index contributed by atoms with van der Waals surface area (Å²) in [5.74, 6) is 1.53. The van der Waals surface area contributed by atoms with E-state index in [9.17, 15) is 8.42 Å². The monoisotopic (exact) mass is 415 g/mol.